The molecule has 0 amide bonds. The van der Waals surface area contributed by atoms with Gasteiger partial charge in [0.15, 0.2) is 15.5 Å². The highest BCUT2D eigenvalue weighted by atomic mass is 32.2. The Morgan fingerprint density at radius 3 is 2.48 bits per heavy atom. The number of ether oxygens (including phenoxy) is 1. The third kappa shape index (κ3) is 5.20. The highest BCUT2D eigenvalue weighted by molar-refractivity contribution is 7.90. The maximum absolute atomic E-state index is 11.7. The van der Waals surface area contributed by atoms with Crippen LogP contribution in [0.5, 0.6) is 0 Å². The Balaban J connectivity index is 1.98. The van der Waals surface area contributed by atoms with E-state index in [2.05, 4.69) is 20.9 Å². The predicted octanol–water partition coefficient (Wildman–Crippen LogP) is 4.02. The fourth-order valence-electron chi connectivity index (χ4n) is 2.93. The van der Waals surface area contributed by atoms with Crippen molar-refractivity contribution >= 4 is 32.0 Å². The Morgan fingerprint density at radius 2 is 1.90 bits per heavy atom. The van der Waals surface area contributed by atoms with Crippen LogP contribution < -0.4 is 9.88 Å². The molecule has 6 nitrogen and oxygen atoms in total. The molecular formula is C21H26N3O3S2+. The van der Waals surface area contributed by atoms with Gasteiger partial charge in [-0.05, 0) is 68.5 Å². The molecule has 0 unspecified atom stereocenters. The second-order valence-corrected chi connectivity index (χ2v) is 10.3. The lowest BCUT2D eigenvalue weighted by molar-refractivity contribution is -0.641. The summed E-state index contributed by atoms with van der Waals surface area (Å²) >= 11 is 1.62. The molecule has 0 fully saturated rings. The first-order valence-electron chi connectivity index (χ1n) is 9.28. The normalized spacial score (nSPS) is 11.8. The summed E-state index contributed by atoms with van der Waals surface area (Å²) in [6.07, 6.45) is 3.15. The van der Waals surface area contributed by atoms with Crippen LogP contribution in [0.1, 0.15) is 24.4 Å². The maximum atomic E-state index is 11.7. The molecule has 0 aliphatic heterocycles. The van der Waals surface area contributed by atoms with Crippen LogP contribution in [0.4, 0.5) is 10.8 Å². The van der Waals surface area contributed by atoms with Crippen molar-refractivity contribution in [3.05, 3.63) is 53.2 Å². The number of aryl methyl sites for hydroxylation is 1. The molecule has 3 rings (SSSR count). The van der Waals surface area contributed by atoms with Gasteiger partial charge in [0.2, 0.25) is 0 Å². The molecule has 0 atom stereocenters. The number of benzene rings is 1. The summed E-state index contributed by atoms with van der Waals surface area (Å²) in [6.45, 7) is 6.53. The van der Waals surface area contributed by atoms with Gasteiger partial charge in [0.25, 0.3) is 0 Å². The molecule has 2 aromatic heterocycles. The third-order valence-corrected chi connectivity index (χ3v) is 6.63. The number of thiazole rings is 1. The van der Waals surface area contributed by atoms with E-state index in [1.54, 1.807) is 35.6 Å². The second-order valence-electron chi connectivity index (χ2n) is 7.21. The van der Waals surface area contributed by atoms with Crippen LogP contribution in [0, 0.1) is 6.92 Å². The average molecular weight is 433 g/mol. The van der Waals surface area contributed by atoms with Gasteiger partial charge in [-0.25, -0.2) is 18.3 Å². The minimum absolute atomic E-state index is 0.134. The van der Waals surface area contributed by atoms with Crippen molar-refractivity contribution < 1.29 is 17.7 Å². The summed E-state index contributed by atoms with van der Waals surface area (Å²) < 4.78 is 31.3. The molecule has 0 radical (unpaired) electrons. The van der Waals surface area contributed by atoms with Crippen LogP contribution in [-0.4, -0.2) is 25.8 Å². The van der Waals surface area contributed by atoms with Crippen LogP contribution in [-0.2, 0) is 28.2 Å². The highest BCUT2D eigenvalue weighted by Gasteiger charge is 2.24. The molecule has 0 spiro atoms. The molecule has 29 heavy (non-hydrogen) atoms. The fourth-order valence-corrected chi connectivity index (χ4v) is 4.67. The molecule has 1 N–H and O–H groups in total. The van der Waals surface area contributed by atoms with Crippen LogP contribution in [0.15, 0.2) is 47.5 Å². The van der Waals surface area contributed by atoms with Crippen molar-refractivity contribution in [1.29, 1.82) is 0 Å². The highest BCUT2D eigenvalue weighted by Crippen LogP contribution is 2.32. The standard InChI is InChI=1S/C21H25N3O3S2/c1-14(2)27-13-19-20(16-10-11-22-15(3)12-16)24(4)21(28-19)23-17-6-8-18(9-7-17)29(5,25)26/h6-12,14H,13H2,1-5H3/p+1. The summed E-state index contributed by atoms with van der Waals surface area (Å²) in [4.78, 5) is 5.72. The summed E-state index contributed by atoms with van der Waals surface area (Å²) in [5, 5.41) is 4.33. The minimum Gasteiger partial charge on any atom is -0.373 e. The van der Waals surface area contributed by atoms with E-state index in [-0.39, 0.29) is 6.10 Å². The molecule has 0 aliphatic rings. The van der Waals surface area contributed by atoms with Gasteiger partial charge in [-0.1, -0.05) is 0 Å². The molecule has 3 aromatic rings. The number of hydrogen-bond donors (Lipinski definition) is 1. The molecule has 1 aromatic carbocycles. The Morgan fingerprint density at radius 1 is 1.21 bits per heavy atom. The zero-order valence-electron chi connectivity index (χ0n) is 17.3. The summed E-state index contributed by atoms with van der Waals surface area (Å²) in [7, 11) is -1.20. The Hall–Kier alpha value is -2.29. The molecule has 0 aliphatic carbocycles. The number of pyridine rings is 1. The maximum Gasteiger partial charge on any atom is 0.339 e. The number of sulfone groups is 1. The minimum atomic E-state index is -3.21. The van der Waals surface area contributed by atoms with Crippen LogP contribution in [0.2, 0.25) is 0 Å². The van der Waals surface area contributed by atoms with Crippen molar-refractivity contribution in [2.75, 3.05) is 11.6 Å². The number of nitrogens with one attached hydrogen (secondary N) is 1. The Kier molecular flexibility index (Phi) is 6.36. The first-order chi connectivity index (χ1) is 13.6. The molecule has 2 heterocycles. The van der Waals surface area contributed by atoms with Crippen LogP contribution in [0.3, 0.4) is 0 Å². The van der Waals surface area contributed by atoms with Gasteiger partial charge in [-0.2, -0.15) is 0 Å². The molecule has 0 bridgehead atoms. The van der Waals surface area contributed by atoms with Gasteiger partial charge in [-0.3, -0.25) is 4.98 Å². The van der Waals surface area contributed by atoms with Gasteiger partial charge in [0.05, 0.1) is 29.5 Å². The lowest BCUT2D eigenvalue weighted by atomic mass is 10.1. The fraction of sp³-hybridized carbons (Fsp3) is 0.333. The van der Waals surface area contributed by atoms with Crippen LogP contribution >= 0.6 is 11.3 Å². The number of rotatable bonds is 7. The van der Waals surface area contributed by atoms with E-state index in [1.165, 1.54) is 6.26 Å². The lowest BCUT2D eigenvalue weighted by Crippen LogP contribution is -2.31. The second kappa shape index (κ2) is 8.61. The monoisotopic (exact) mass is 432 g/mol. The topological polar surface area (TPSA) is 72.2 Å². The van der Waals surface area contributed by atoms with Gasteiger partial charge < -0.3 is 4.74 Å². The van der Waals surface area contributed by atoms with Crippen LogP contribution in [0.25, 0.3) is 11.3 Å². The van der Waals surface area contributed by atoms with E-state index < -0.39 is 9.84 Å². The Labute approximate surface area is 176 Å². The largest absolute Gasteiger partial charge is 0.373 e. The van der Waals surface area contributed by atoms with Crippen molar-refractivity contribution in [3.63, 3.8) is 0 Å². The average Bonchev–Trinajstić information content (AvgIpc) is 2.95. The zero-order chi connectivity index (χ0) is 21.2. The SMILES string of the molecule is Cc1cc(-c2c(COC(C)C)sc(Nc3ccc(S(C)(=O)=O)cc3)[n+]2C)ccn1. The number of anilines is 2. The number of nitrogens with zero attached hydrogens (tertiary/aromatic N) is 2. The first kappa shape index (κ1) is 21.4. The van der Waals surface area contributed by atoms with Crippen molar-refractivity contribution in [2.45, 2.75) is 38.4 Å². The lowest BCUT2D eigenvalue weighted by Gasteiger charge is -2.07. The van der Waals surface area contributed by atoms with Gasteiger partial charge in [-0.15, -0.1) is 0 Å². The summed E-state index contributed by atoms with van der Waals surface area (Å²) in [5.74, 6) is 0. The summed E-state index contributed by atoms with van der Waals surface area (Å²) in [6, 6.07) is 10.8. The molecule has 8 heteroatoms. The van der Waals surface area contributed by atoms with Gasteiger partial charge in [0, 0.05) is 23.7 Å². The molecule has 0 saturated carbocycles. The van der Waals surface area contributed by atoms with Crippen molar-refractivity contribution in [3.8, 4) is 11.3 Å². The third-order valence-electron chi connectivity index (χ3n) is 4.38. The predicted molar refractivity (Wildman–Crippen MR) is 116 cm³/mol. The number of hydrogen-bond acceptors (Lipinski definition) is 6. The summed E-state index contributed by atoms with van der Waals surface area (Å²) in [5.41, 5.74) is 3.94. The number of aromatic nitrogens is 2. The van der Waals surface area contributed by atoms with E-state index in [0.717, 1.165) is 32.6 Å². The molecule has 0 saturated heterocycles. The first-order valence-corrected chi connectivity index (χ1v) is 12.0. The van der Waals surface area contributed by atoms with Crippen molar-refractivity contribution in [2.24, 2.45) is 7.05 Å². The molecule has 154 valence electrons. The van der Waals surface area contributed by atoms with Gasteiger partial charge in [0.1, 0.15) is 5.69 Å². The van der Waals surface area contributed by atoms with Crippen molar-refractivity contribution in [1.82, 2.24) is 4.98 Å². The Bertz CT molecular complexity index is 1100. The zero-order valence-corrected chi connectivity index (χ0v) is 18.9. The van der Waals surface area contributed by atoms with E-state index in [0.29, 0.717) is 11.5 Å². The van der Waals surface area contributed by atoms with E-state index in [1.807, 2.05) is 40.1 Å². The molecular weight excluding hydrogens is 406 g/mol. The van der Waals surface area contributed by atoms with E-state index in [9.17, 15) is 8.42 Å². The smallest absolute Gasteiger partial charge is 0.339 e. The quantitative estimate of drug-likeness (QED) is 0.571. The van der Waals surface area contributed by atoms with E-state index >= 15 is 0 Å². The van der Waals surface area contributed by atoms with E-state index in [4.69, 9.17) is 4.74 Å². The van der Waals surface area contributed by atoms with Gasteiger partial charge >= 0.3 is 5.13 Å².